The monoisotopic (exact) mass is 251 g/mol. The molecule has 0 fully saturated rings. The van der Waals surface area contributed by atoms with Crippen LogP contribution in [0.4, 0.5) is 0 Å². The zero-order valence-electron chi connectivity index (χ0n) is 10.5. The predicted molar refractivity (Wildman–Crippen MR) is 66.4 cm³/mol. The van der Waals surface area contributed by atoms with E-state index >= 15 is 0 Å². The fourth-order valence-electron chi connectivity index (χ4n) is 1.71. The number of carboxylic acids is 1. The van der Waals surface area contributed by atoms with Crippen LogP contribution in [0.5, 0.6) is 5.75 Å². The molecule has 0 spiro atoms. The molecule has 0 radical (unpaired) electrons. The first kappa shape index (κ1) is 14.0. The number of carbonyl (C=O) groups excluding carboxylic acids is 1. The lowest BCUT2D eigenvalue weighted by atomic mass is 10.1. The normalized spacial score (nSPS) is 11.7. The molecule has 0 heterocycles. The largest absolute Gasteiger partial charge is 0.494 e. The van der Waals surface area contributed by atoms with Gasteiger partial charge in [0, 0.05) is 6.54 Å². The van der Waals surface area contributed by atoms with Gasteiger partial charge in [0.05, 0.1) is 6.61 Å². The minimum atomic E-state index is -1.05. The molecule has 0 aliphatic heterocycles. The molecule has 1 atom stereocenters. The van der Waals surface area contributed by atoms with E-state index in [1.165, 1.54) is 4.90 Å². The number of benzene rings is 1. The average molecular weight is 251 g/mol. The molecule has 18 heavy (non-hydrogen) atoms. The second kappa shape index (κ2) is 6.64. The quantitative estimate of drug-likeness (QED) is 0.749. The van der Waals surface area contributed by atoms with Crippen LogP contribution >= 0.6 is 0 Å². The van der Waals surface area contributed by atoms with E-state index in [0.717, 1.165) is 0 Å². The van der Waals surface area contributed by atoms with Crippen molar-refractivity contribution in [3.63, 3.8) is 0 Å². The first-order valence-electron chi connectivity index (χ1n) is 5.80. The van der Waals surface area contributed by atoms with E-state index in [-0.39, 0.29) is 0 Å². The second-order valence-electron chi connectivity index (χ2n) is 3.68. The molecule has 1 aromatic carbocycles. The van der Waals surface area contributed by atoms with Crippen LogP contribution < -0.4 is 4.74 Å². The third-order valence-corrected chi connectivity index (χ3v) is 2.57. The summed E-state index contributed by atoms with van der Waals surface area (Å²) in [5.74, 6) is -0.368. The van der Waals surface area contributed by atoms with Gasteiger partial charge in [0.2, 0.25) is 6.41 Å². The highest BCUT2D eigenvalue weighted by Crippen LogP contribution is 2.22. The third-order valence-electron chi connectivity index (χ3n) is 2.57. The highest BCUT2D eigenvalue weighted by molar-refractivity contribution is 5.78. The van der Waals surface area contributed by atoms with Crippen LogP contribution in [0.3, 0.4) is 0 Å². The van der Waals surface area contributed by atoms with E-state index in [0.29, 0.717) is 30.9 Å². The lowest BCUT2D eigenvalue weighted by molar-refractivity contribution is -0.146. The Labute approximate surface area is 106 Å². The van der Waals surface area contributed by atoms with Crippen LogP contribution in [-0.2, 0) is 9.59 Å². The summed E-state index contributed by atoms with van der Waals surface area (Å²) >= 11 is 0. The van der Waals surface area contributed by atoms with E-state index in [1.54, 1.807) is 31.2 Å². The summed E-state index contributed by atoms with van der Waals surface area (Å²) in [4.78, 5) is 23.3. The lowest BCUT2D eigenvalue weighted by Crippen LogP contribution is -2.32. The van der Waals surface area contributed by atoms with Crippen molar-refractivity contribution in [2.45, 2.75) is 19.9 Å². The number of hydrogen-bond donors (Lipinski definition) is 1. The molecule has 98 valence electrons. The number of amides is 1. The Morgan fingerprint density at radius 2 is 2.00 bits per heavy atom. The van der Waals surface area contributed by atoms with Crippen molar-refractivity contribution in [1.82, 2.24) is 4.90 Å². The van der Waals surface area contributed by atoms with E-state index in [1.807, 2.05) is 6.92 Å². The highest BCUT2D eigenvalue weighted by Gasteiger charge is 2.25. The van der Waals surface area contributed by atoms with Crippen molar-refractivity contribution in [2.75, 3.05) is 13.2 Å². The molecule has 5 heteroatoms. The zero-order valence-corrected chi connectivity index (χ0v) is 10.5. The number of rotatable bonds is 7. The van der Waals surface area contributed by atoms with Crippen LogP contribution in [0.15, 0.2) is 24.3 Å². The second-order valence-corrected chi connectivity index (χ2v) is 3.68. The van der Waals surface area contributed by atoms with Crippen molar-refractivity contribution in [3.8, 4) is 5.75 Å². The van der Waals surface area contributed by atoms with Crippen LogP contribution in [0, 0.1) is 0 Å². The van der Waals surface area contributed by atoms with E-state index < -0.39 is 12.0 Å². The van der Waals surface area contributed by atoms with Gasteiger partial charge in [-0.15, -0.1) is 0 Å². The van der Waals surface area contributed by atoms with Crippen molar-refractivity contribution in [1.29, 1.82) is 0 Å². The molecule has 1 aromatic rings. The standard InChI is InChI=1S/C13H17NO4/c1-3-14(9-15)12(13(16)17)10-5-7-11(8-6-10)18-4-2/h5-9,12H,3-4H2,1-2H3,(H,16,17). The fraction of sp³-hybridized carbons (Fsp3) is 0.385. The Bertz CT molecular complexity index is 402. The molecule has 0 bridgehead atoms. The maximum Gasteiger partial charge on any atom is 0.331 e. The van der Waals surface area contributed by atoms with Crippen molar-refractivity contribution < 1.29 is 19.4 Å². The van der Waals surface area contributed by atoms with Gasteiger partial charge in [0.15, 0.2) is 6.04 Å². The minimum absolute atomic E-state index is 0.341. The number of likely N-dealkylation sites (N-methyl/N-ethyl adjacent to an activating group) is 1. The minimum Gasteiger partial charge on any atom is -0.494 e. The van der Waals surface area contributed by atoms with E-state index in [4.69, 9.17) is 4.74 Å². The van der Waals surface area contributed by atoms with E-state index in [9.17, 15) is 14.7 Å². The first-order chi connectivity index (χ1) is 8.63. The number of carbonyl (C=O) groups is 2. The summed E-state index contributed by atoms with van der Waals surface area (Å²) in [5.41, 5.74) is 0.555. The summed E-state index contributed by atoms with van der Waals surface area (Å²) in [5, 5.41) is 9.20. The Kier molecular flexibility index (Phi) is 5.17. The van der Waals surface area contributed by atoms with Gasteiger partial charge < -0.3 is 14.7 Å². The van der Waals surface area contributed by atoms with Crippen LogP contribution in [0.2, 0.25) is 0 Å². The van der Waals surface area contributed by atoms with Gasteiger partial charge in [-0.3, -0.25) is 4.79 Å². The van der Waals surface area contributed by atoms with Crippen molar-refractivity contribution >= 4 is 12.4 Å². The fourth-order valence-corrected chi connectivity index (χ4v) is 1.71. The lowest BCUT2D eigenvalue weighted by Gasteiger charge is -2.23. The Morgan fingerprint density at radius 1 is 1.39 bits per heavy atom. The summed E-state index contributed by atoms with van der Waals surface area (Å²) in [6, 6.07) is 5.77. The van der Waals surface area contributed by atoms with Gasteiger partial charge in [0.25, 0.3) is 0 Å². The topological polar surface area (TPSA) is 66.8 Å². The van der Waals surface area contributed by atoms with Gasteiger partial charge in [-0.05, 0) is 31.5 Å². The Hall–Kier alpha value is -2.04. The molecular formula is C13H17NO4. The molecule has 1 unspecified atom stereocenters. The molecule has 1 amide bonds. The number of aliphatic carboxylic acids is 1. The van der Waals surface area contributed by atoms with Gasteiger partial charge in [-0.1, -0.05) is 12.1 Å². The molecule has 0 aliphatic rings. The molecule has 0 saturated carbocycles. The molecule has 1 N–H and O–H groups in total. The van der Waals surface area contributed by atoms with Gasteiger partial charge >= 0.3 is 5.97 Å². The smallest absolute Gasteiger partial charge is 0.331 e. The van der Waals surface area contributed by atoms with Gasteiger partial charge in [-0.2, -0.15) is 0 Å². The molecule has 0 saturated heterocycles. The average Bonchev–Trinajstić information content (AvgIpc) is 2.37. The third kappa shape index (κ3) is 3.23. The first-order valence-corrected chi connectivity index (χ1v) is 5.80. The summed E-state index contributed by atoms with van der Waals surface area (Å²) in [7, 11) is 0. The number of nitrogens with zero attached hydrogens (tertiary/aromatic N) is 1. The summed E-state index contributed by atoms with van der Waals surface area (Å²) in [6.07, 6.45) is 0.551. The Morgan fingerprint density at radius 3 is 2.39 bits per heavy atom. The molecule has 1 rings (SSSR count). The maximum absolute atomic E-state index is 11.2. The number of hydrogen-bond acceptors (Lipinski definition) is 3. The SMILES string of the molecule is CCOc1ccc(C(C(=O)O)N(C=O)CC)cc1. The van der Waals surface area contributed by atoms with E-state index in [2.05, 4.69) is 0 Å². The van der Waals surface area contributed by atoms with Crippen LogP contribution in [-0.4, -0.2) is 35.5 Å². The number of carboxylic acid groups (broad SMARTS) is 1. The van der Waals surface area contributed by atoms with Crippen molar-refractivity contribution in [2.24, 2.45) is 0 Å². The number of ether oxygens (including phenoxy) is 1. The maximum atomic E-state index is 11.2. The zero-order chi connectivity index (χ0) is 13.5. The molecule has 0 aliphatic carbocycles. The Balaban J connectivity index is 2.99. The highest BCUT2D eigenvalue weighted by atomic mass is 16.5. The van der Waals surface area contributed by atoms with Gasteiger partial charge in [0.1, 0.15) is 5.75 Å². The molecular weight excluding hydrogens is 234 g/mol. The molecule has 5 nitrogen and oxygen atoms in total. The van der Waals surface area contributed by atoms with Gasteiger partial charge in [-0.25, -0.2) is 4.79 Å². The van der Waals surface area contributed by atoms with Crippen LogP contribution in [0.1, 0.15) is 25.5 Å². The van der Waals surface area contributed by atoms with Crippen LogP contribution in [0.25, 0.3) is 0 Å². The van der Waals surface area contributed by atoms with Crippen molar-refractivity contribution in [3.05, 3.63) is 29.8 Å². The predicted octanol–water partition coefficient (Wildman–Crippen LogP) is 1.69. The summed E-state index contributed by atoms with van der Waals surface area (Å²) < 4.78 is 5.28. The summed E-state index contributed by atoms with van der Waals surface area (Å²) in [6.45, 7) is 4.50. The molecule has 0 aromatic heterocycles.